The first kappa shape index (κ1) is 37.4. The van der Waals surface area contributed by atoms with Gasteiger partial charge in [0.2, 0.25) is 0 Å². The standard InChI is InChI=1S/C22H30N2O4.C11H21NO5S/c1-21(2,3)28-20(25)24-12-8-19(9-13-24)27-18-6-4-17(5-7-18)22(16-23)10-14-26-15-11-22;1-11(2,3)16-10(13)12-7-5-9(6-8-12)17-18(4,14)15/h4-7,19H,8-15H2,1-3H3;9H,5-8H2,1-4H3. The van der Waals surface area contributed by atoms with Gasteiger partial charge in [-0.3, -0.25) is 4.18 Å². The van der Waals surface area contributed by atoms with Crippen molar-refractivity contribution in [2.45, 2.75) is 109 Å². The minimum atomic E-state index is -3.42. The Morgan fingerprint density at radius 1 is 0.826 bits per heavy atom. The van der Waals surface area contributed by atoms with E-state index >= 15 is 0 Å². The van der Waals surface area contributed by atoms with Crippen molar-refractivity contribution >= 4 is 22.3 Å². The first-order valence-electron chi connectivity index (χ1n) is 16.0. The third kappa shape index (κ3) is 12.3. The summed E-state index contributed by atoms with van der Waals surface area (Å²) in [6.07, 6.45) is 4.19. The molecular weight excluding hydrogens is 614 g/mol. The number of hydrogen-bond donors (Lipinski definition) is 0. The van der Waals surface area contributed by atoms with Crippen LogP contribution in [-0.4, -0.2) is 99.5 Å². The minimum Gasteiger partial charge on any atom is -0.490 e. The number of carbonyl (C=O) groups is 2. The van der Waals surface area contributed by atoms with Gasteiger partial charge in [-0.05, 0) is 84.9 Å². The van der Waals surface area contributed by atoms with E-state index in [1.54, 1.807) is 9.80 Å². The fraction of sp³-hybridized carbons (Fsp3) is 0.727. The van der Waals surface area contributed by atoms with Crippen LogP contribution in [0.3, 0.4) is 0 Å². The van der Waals surface area contributed by atoms with Gasteiger partial charge in [0.15, 0.2) is 0 Å². The third-order valence-electron chi connectivity index (χ3n) is 7.77. The summed E-state index contributed by atoms with van der Waals surface area (Å²) in [5.74, 6) is 0.805. The third-order valence-corrected chi connectivity index (χ3v) is 8.39. The largest absolute Gasteiger partial charge is 0.490 e. The molecule has 4 rings (SSSR count). The van der Waals surface area contributed by atoms with Gasteiger partial charge in [-0.15, -0.1) is 0 Å². The minimum absolute atomic E-state index is 0.0811. The van der Waals surface area contributed by atoms with Gasteiger partial charge in [-0.1, -0.05) is 12.1 Å². The van der Waals surface area contributed by atoms with Crippen molar-refractivity contribution < 1.29 is 41.1 Å². The molecule has 258 valence electrons. The van der Waals surface area contributed by atoms with E-state index in [2.05, 4.69) is 6.07 Å². The van der Waals surface area contributed by atoms with Gasteiger partial charge in [0, 0.05) is 52.2 Å². The normalized spacial score (nSPS) is 19.7. The molecule has 0 bridgehead atoms. The van der Waals surface area contributed by atoms with Crippen molar-refractivity contribution in [3.63, 3.8) is 0 Å². The number of carbonyl (C=O) groups excluding carboxylic acids is 2. The lowest BCUT2D eigenvalue weighted by atomic mass is 9.75. The maximum Gasteiger partial charge on any atom is 0.410 e. The Morgan fingerprint density at radius 3 is 1.65 bits per heavy atom. The zero-order valence-corrected chi connectivity index (χ0v) is 29.2. The molecule has 1 aromatic carbocycles. The van der Waals surface area contributed by atoms with E-state index in [1.807, 2.05) is 65.8 Å². The van der Waals surface area contributed by atoms with Crippen LogP contribution in [0, 0.1) is 11.3 Å². The highest BCUT2D eigenvalue weighted by Crippen LogP contribution is 2.35. The lowest BCUT2D eigenvalue weighted by Crippen LogP contribution is -2.44. The molecule has 0 radical (unpaired) electrons. The predicted octanol–water partition coefficient (Wildman–Crippen LogP) is 5.40. The average Bonchev–Trinajstić information content (AvgIpc) is 2.96. The molecule has 3 aliphatic rings. The molecule has 12 nitrogen and oxygen atoms in total. The van der Waals surface area contributed by atoms with Gasteiger partial charge in [-0.2, -0.15) is 13.7 Å². The zero-order valence-electron chi connectivity index (χ0n) is 28.4. The summed E-state index contributed by atoms with van der Waals surface area (Å²) in [6, 6.07) is 10.4. The molecule has 3 heterocycles. The monoisotopic (exact) mass is 665 g/mol. The van der Waals surface area contributed by atoms with Crippen molar-refractivity contribution in [1.29, 1.82) is 5.26 Å². The quantitative estimate of drug-likeness (QED) is 0.375. The summed E-state index contributed by atoms with van der Waals surface area (Å²) >= 11 is 0. The van der Waals surface area contributed by atoms with Crippen molar-refractivity contribution in [2.75, 3.05) is 45.6 Å². The van der Waals surface area contributed by atoms with Crippen LogP contribution in [0.5, 0.6) is 5.75 Å². The van der Waals surface area contributed by atoms with Gasteiger partial charge in [0.05, 0.1) is 23.8 Å². The summed E-state index contributed by atoms with van der Waals surface area (Å²) < 4.78 is 49.0. The van der Waals surface area contributed by atoms with Crippen LogP contribution < -0.4 is 4.74 Å². The molecule has 0 aliphatic carbocycles. The summed E-state index contributed by atoms with van der Waals surface area (Å²) in [4.78, 5) is 27.2. The number of benzene rings is 1. The Balaban J connectivity index is 0.000000277. The lowest BCUT2D eigenvalue weighted by Gasteiger charge is -2.33. The first-order valence-corrected chi connectivity index (χ1v) is 17.8. The maximum absolute atomic E-state index is 12.2. The Labute approximate surface area is 274 Å². The van der Waals surface area contributed by atoms with Gasteiger partial charge < -0.3 is 28.7 Å². The SMILES string of the molecule is CC(C)(C)OC(=O)N1CCC(OS(C)(=O)=O)CC1.CC(C)(C)OC(=O)N1CCC(Oc2ccc(C3(C#N)CCOCC3)cc2)CC1. The van der Waals surface area contributed by atoms with Crippen molar-refractivity contribution in [2.24, 2.45) is 0 Å². The highest BCUT2D eigenvalue weighted by molar-refractivity contribution is 7.86. The number of amides is 2. The van der Waals surface area contributed by atoms with E-state index in [1.165, 1.54) is 0 Å². The molecular formula is C33H51N3O9S. The number of ether oxygens (including phenoxy) is 4. The van der Waals surface area contributed by atoms with Crippen molar-refractivity contribution in [3.05, 3.63) is 29.8 Å². The molecule has 3 aliphatic heterocycles. The van der Waals surface area contributed by atoms with Crippen LogP contribution in [0.15, 0.2) is 24.3 Å². The van der Waals surface area contributed by atoms with Crippen molar-refractivity contribution in [3.8, 4) is 11.8 Å². The molecule has 3 saturated heterocycles. The molecule has 2 amide bonds. The van der Waals surface area contributed by atoms with Crippen LogP contribution in [-0.2, 0) is 33.9 Å². The Hall–Kier alpha value is -3.08. The van der Waals surface area contributed by atoms with E-state index in [9.17, 15) is 23.3 Å². The fourth-order valence-corrected chi connectivity index (χ4v) is 6.11. The molecule has 46 heavy (non-hydrogen) atoms. The van der Waals surface area contributed by atoms with Crippen LogP contribution in [0.1, 0.15) is 85.6 Å². The van der Waals surface area contributed by atoms with Crippen molar-refractivity contribution in [1.82, 2.24) is 9.80 Å². The van der Waals surface area contributed by atoms with E-state index in [-0.39, 0.29) is 24.4 Å². The van der Waals surface area contributed by atoms with E-state index in [4.69, 9.17) is 23.1 Å². The van der Waals surface area contributed by atoms with Crippen LogP contribution in [0.25, 0.3) is 0 Å². The molecule has 0 saturated carbocycles. The number of nitrogens with zero attached hydrogens (tertiary/aromatic N) is 3. The Bertz CT molecular complexity index is 1290. The predicted molar refractivity (Wildman–Crippen MR) is 172 cm³/mol. The highest BCUT2D eigenvalue weighted by Gasteiger charge is 2.35. The smallest absolute Gasteiger partial charge is 0.410 e. The summed E-state index contributed by atoms with van der Waals surface area (Å²) in [6.45, 7) is 14.5. The first-order chi connectivity index (χ1) is 21.4. The number of rotatable bonds is 5. The summed E-state index contributed by atoms with van der Waals surface area (Å²) in [5.41, 5.74) is -0.408. The summed E-state index contributed by atoms with van der Waals surface area (Å²) in [7, 11) is -3.42. The highest BCUT2D eigenvalue weighted by atomic mass is 32.2. The number of nitriles is 1. The zero-order chi connectivity index (χ0) is 34.2. The topological polar surface area (TPSA) is 145 Å². The second kappa shape index (κ2) is 15.7. The Morgan fingerprint density at radius 2 is 1.26 bits per heavy atom. The second-order valence-electron chi connectivity index (χ2n) is 14.1. The van der Waals surface area contributed by atoms with E-state index in [0.717, 1.165) is 43.3 Å². The van der Waals surface area contributed by atoms with E-state index < -0.39 is 26.7 Å². The molecule has 0 unspecified atom stereocenters. The Kier molecular flexibility index (Phi) is 12.7. The molecule has 3 fully saturated rings. The van der Waals surface area contributed by atoms with E-state index in [0.29, 0.717) is 52.2 Å². The summed E-state index contributed by atoms with van der Waals surface area (Å²) in [5, 5.41) is 9.69. The van der Waals surface area contributed by atoms with Crippen LogP contribution in [0.4, 0.5) is 9.59 Å². The van der Waals surface area contributed by atoms with Gasteiger partial charge in [0.25, 0.3) is 10.1 Å². The molecule has 0 N–H and O–H groups in total. The maximum atomic E-state index is 12.2. The second-order valence-corrected chi connectivity index (χ2v) is 15.7. The molecule has 0 aromatic heterocycles. The van der Waals surface area contributed by atoms with Crippen LogP contribution >= 0.6 is 0 Å². The molecule has 0 atom stereocenters. The molecule has 0 spiro atoms. The number of likely N-dealkylation sites (tertiary alicyclic amines) is 2. The number of hydrogen-bond acceptors (Lipinski definition) is 10. The van der Waals surface area contributed by atoms with Gasteiger partial charge in [0.1, 0.15) is 23.1 Å². The lowest BCUT2D eigenvalue weighted by molar-refractivity contribution is 0.0117. The van der Waals surface area contributed by atoms with Gasteiger partial charge >= 0.3 is 12.2 Å². The van der Waals surface area contributed by atoms with Gasteiger partial charge in [-0.25, -0.2) is 9.59 Å². The fourth-order valence-electron chi connectivity index (χ4n) is 5.42. The molecule has 1 aromatic rings. The molecule has 13 heteroatoms. The average molecular weight is 666 g/mol. The number of piperidine rings is 2. The van der Waals surface area contributed by atoms with Crippen LogP contribution in [0.2, 0.25) is 0 Å².